The molecule has 2 amide bonds. The van der Waals surface area contributed by atoms with Gasteiger partial charge in [0.25, 0.3) is 17.4 Å². The number of likely N-dealkylation sites (N-methyl/N-ethyl adjacent to an activating group) is 1. The van der Waals surface area contributed by atoms with Crippen molar-refractivity contribution < 1.29 is 36.8 Å². The number of carbonyl (C=O) groups is 2. The van der Waals surface area contributed by atoms with Gasteiger partial charge in [-0.3, -0.25) is 19.9 Å². The van der Waals surface area contributed by atoms with Crippen molar-refractivity contribution in [3.05, 3.63) is 68.4 Å². The topological polar surface area (TPSA) is 92.3 Å². The van der Waals surface area contributed by atoms with E-state index < -0.39 is 51.6 Å². The summed E-state index contributed by atoms with van der Waals surface area (Å²) < 4.78 is 56.5. The molecule has 198 valence electrons. The van der Waals surface area contributed by atoms with Gasteiger partial charge in [-0.05, 0) is 49.2 Å². The highest BCUT2D eigenvalue weighted by atomic mass is 35.5. The third-order valence-corrected chi connectivity index (χ3v) is 6.58. The minimum Gasteiger partial charge on any atom is -0.374 e. The molecule has 1 fully saturated rings. The monoisotopic (exact) mass is 562 g/mol. The number of hydroxylamine groups is 2. The lowest BCUT2D eigenvalue weighted by Gasteiger charge is -2.29. The predicted molar refractivity (Wildman–Crippen MR) is 125 cm³/mol. The molecule has 4 rings (SSSR count). The molecule has 0 radical (unpaired) electrons. The minimum atomic E-state index is -4.95. The number of benzene rings is 2. The van der Waals surface area contributed by atoms with Gasteiger partial charge in [-0.15, -0.1) is 0 Å². The number of carbonyl (C=O) groups excluding carboxylic acids is 2. The Balaban J connectivity index is 1.52. The Morgan fingerprint density at radius 3 is 2.49 bits per heavy atom. The van der Waals surface area contributed by atoms with Crippen LogP contribution in [0, 0.1) is 12.7 Å². The molecule has 0 spiro atoms. The smallest absolute Gasteiger partial charge is 0.374 e. The zero-order valence-corrected chi connectivity index (χ0v) is 20.9. The van der Waals surface area contributed by atoms with E-state index in [0.717, 1.165) is 12.1 Å². The number of alkyl halides is 3. The molecule has 2 atom stereocenters. The number of hydrogen-bond donors (Lipinski definition) is 2. The van der Waals surface area contributed by atoms with E-state index in [-0.39, 0.29) is 29.4 Å². The van der Waals surface area contributed by atoms with E-state index in [4.69, 9.17) is 32.9 Å². The van der Waals surface area contributed by atoms with Gasteiger partial charge >= 0.3 is 6.18 Å². The standard InChI is InChI=1S/C23H20Cl2F4N4O4/c1-3-33-21(35)18(10-36-33)30-31-20(34)14-5-4-12(6-11(14)2)17-9-22(37-32-17,23(27,28)29)13-7-15(24)19(26)16(25)8-13/h4-8,18,30H,3,9-10H2,1-2H3,(H,31,34)/t18?,22-/m1/s1. The first kappa shape index (κ1) is 27.1. The van der Waals surface area contributed by atoms with Crippen molar-refractivity contribution in [1.82, 2.24) is 15.9 Å². The van der Waals surface area contributed by atoms with Crippen LogP contribution < -0.4 is 10.9 Å². The molecule has 0 saturated carbocycles. The zero-order chi connectivity index (χ0) is 27.1. The van der Waals surface area contributed by atoms with Crippen LogP contribution in [-0.4, -0.2) is 48.0 Å². The molecule has 37 heavy (non-hydrogen) atoms. The van der Waals surface area contributed by atoms with Crippen LogP contribution in [0.2, 0.25) is 10.0 Å². The Bertz CT molecular complexity index is 1270. The van der Waals surface area contributed by atoms with Crippen molar-refractivity contribution >= 4 is 40.7 Å². The molecule has 2 aliphatic rings. The summed E-state index contributed by atoms with van der Waals surface area (Å²) in [5.74, 6) is -1.93. The van der Waals surface area contributed by atoms with Crippen molar-refractivity contribution in [2.75, 3.05) is 13.2 Å². The van der Waals surface area contributed by atoms with Gasteiger partial charge in [0, 0.05) is 24.1 Å². The molecule has 1 saturated heterocycles. The van der Waals surface area contributed by atoms with Crippen molar-refractivity contribution in [2.45, 2.75) is 38.1 Å². The second-order valence-corrected chi connectivity index (χ2v) is 9.21. The largest absolute Gasteiger partial charge is 0.435 e. The highest BCUT2D eigenvalue weighted by Crippen LogP contribution is 2.50. The second-order valence-electron chi connectivity index (χ2n) is 8.39. The maximum Gasteiger partial charge on any atom is 0.435 e. The molecule has 14 heteroatoms. The Morgan fingerprint density at radius 2 is 1.92 bits per heavy atom. The van der Waals surface area contributed by atoms with E-state index in [0.29, 0.717) is 12.1 Å². The summed E-state index contributed by atoms with van der Waals surface area (Å²) in [6.07, 6.45) is -5.68. The number of halogens is 6. The molecular formula is C23H20Cl2F4N4O4. The summed E-state index contributed by atoms with van der Waals surface area (Å²) in [6.45, 7) is 3.74. The van der Waals surface area contributed by atoms with E-state index in [2.05, 4.69) is 16.0 Å². The van der Waals surface area contributed by atoms with Crippen molar-refractivity contribution in [3.8, 4) is 0 Å². The molecule has 0 aromatic heterocycles. The normalized spacial score (nSPS) is 21.7. The van der Waals surface area contributed by atoms with E-state index in [9.17, 15) is 27.2 Å². The molecule has 0 bridgehead atoms. The lowest BCUT2D eigenvalue weighted by molar-refractivity contribution is -0.275. The molecule has 2 aromatic carbocycles. The fourth-order valence-corrected chi connectivity index (χ4v) is 4.48. The third kappa shape index (κ3) is 4.98. The molecule has 2 aliphatic heterocycles. The SMILES string of the molecule is CCN1OCC(NNC(=O)c2ccc(C3=NO[C@](c4cc(Cl)c(F)c(Cl)c4)(C(F)(F)F)C3)cc2C)C1=O. The summed E-state index contributed by atoms with van der Waals surface area (Å²) in [5.41, 5.74) is 2.51. The highest BCUT2D eigenvalue weighted by Gasteiger charge is 2.62. The van der Waals surface area contributed by atoms with Gasteiger partial charge in [-0.2, -0.15) is 13.2 Å². The predicted octanol–water partition coefficient (Wildman–Crippen LogP) is 4.42. The zero-order valence-electron chi connectivity index (χ0n) is 19.4. The molecular weight excluding hydrogens is 543 g/mol. The van der Waals surface area contributed by atoms with Crippen LogP contribution in [0.3, 0.4) is 0 Å². The number of aryl methyl sites for hydroxylation is 1. The molecule has 2 heterocycles. The Morgan fingerprint density at radius 1 is 1.24 bits per heavy atom. The van der Waals surface area contributed by atoms with Crippen LogP contribution in [0.1, 0.15) is 40.4 Å². The number of amides is 2. The number of hydrazine groups is 1. The maximum absolute atomic E-state index is 14.2. The molecule has 2 N–H and O–H groups in total. The number of nitrogens with zero attached hydrogens (tertiary/aromatic N) is 2. The van der Waals surface area contributed by atoms with Crippen LogP contribution in [0.5, 0.6) is 0 Å². The van der Waals surface area contributed by atoms with E-state index in [1.54, 1.807) is 13.8 Å². The van der Waals surface area contributed by atoms with Crippen LogP contribution in [0.25, 0.3) is 0 Å². The Kier molecular flexibility index (Phi) is 7.39. The fraction of sp³-hybridized carbons (Fsp3) is 0.348. The second kappa shape index (κ2) is 10.1. The van der Waals surface area contributed by atoms with Crippen LogP contribution in [-0.2, 0) is 20.1 Å². The first-order valence-corrected chi connectivity index (χ1v) is 11.7. The lowest BCUT2D eigenvalue weighted by atomic mass is 9.86. The summed E-state index contributed by atoms with van der Waals surface area (Å²) in [6, 6.07) is 5.17. The Labute approximate surface area is 218 Å². The quantitative estimate of drug-likeness (QED) is 0.309. The lowest BCUT2D eigenvalue weighted by Crippen LogP contribution is -2.49. The number of nitrogens with one attached hydrogen (secondary N) is 2. The fourth-order valence-electron chi connectivity index (χ4n) is 3.99. The first-order chi connectivity index (χ1) is 17.4. The third-order valence-electron chi connectivity index (χ3n) is 6.03. The van der Waals surface area contributed by atoms with Gasteiger partial charge in [0.05, 0.1) is 15.8 Å². The van der Waals surface area contributed by atoms with Gasteiger partial charge < -0.3 is 4.84 Å². The highest BCUT2D eigenvalue weighted by molar-refractivity contribution is 6.35. The van der Waals surface area contributed by atoms with Gasteiger partial charge in [0.2, 0.25) is 0 Å². The average molecular weight is 563 g/mol. The van der Waals surface area contributed by atoms with Gasteiger partial charge in [-0.1, -0.05) is 34.4 Å². The number of rotatable bonds is 6. The minimum absolute atomic E-state index is 0.0459. The van der Waals surface area contributed by atoms with Crippen molar-refractivity contribution in [2.24, 2.45) is 5.16 Å². The molecule has 8 nitrogen and oxygen atoms in total. The average Bonchev–Trinajstić information content (AvgIpc) is 3.45. The van der Waals surface area contributed by atoms with Gasteiger partial charge in [0.15, 0.2) is 5.82 Å². The number of hydrogen-bond acceptors (Lipinski definition) is 6. The van der Waals surface area contributed by atoms with Crippen molar-refractivity contribution in [3.63, 3.8) is 0 Å². The van der Waals surface area contributed by atoms with Crippen LogP contribution in [0.4, 0.5) is 17.6 Å². The van der Waals surface area contributed by atoms with E-state index >= 15 is 0 Å². The first-order valence-electron chi connectivity index (χ1n) is 11.0. The van der Waals surface area contributed by atoms with E-state index in [1.165, 1.54) is 23.3 Å². The molecule has 2 aromatic rings. The van der Waals surface area contributed by atoms with Crippen LogP contribution in [0.15, 0.2) is 35.5 Å². The number of oxime groups is 1. The van der Waals surface area contributed by atoms with E-state index in [1.807, 2.05) is 0 Å². The summed E-state index contributed by atoms with van der Waals surface area (Å²) >= 11 is 11.5. The van der Waals surface area contributed by atoms with Gasteiger partial charge in [0.1, 0.15) is 12.6 Å². The summed E-state index contributed by atoms with van der Waals surface area (Å²) in [7, 11) is 0. The molecule has 1 unspecified atom stereocenters. The van der Waals surface area contributed by atoms with Crippen molar-refractivity contribution in [1.29, 1.82) is 0 Å². The van der Waals surface area contributed by atoms with Gasteiger partial charge in [-0.25, -0.2) is 14.9 Å². The molecule has 0 aliphatic carbocycles. The van der Waals surface area contributed by atoms with Crippen LogP contribution >= 0.6 is 23.2 Å². The summed E-state index contributed by atoms with van der Waals surface area (Å²) in [5, 5.41) is 3.66. The maximum atomic E-state index is 14.2. The summed E-state index contributed by atoms with van der Waals surface area (Å²) in [4.78, 5) is 34.8. The Hall–Kier alpha value is -2.93.